The molecule has 2 nitrogen and oxygen atoms in total. The molecule has 15 heavy (non-hydrogen) atoms. The number of rotatable bonds is 3. The zero-order valence-corrected chi connectivity index (χ0v) is 9.82. The Bertz CT molecular complexity index is 404. The second-order valence-corrected chi connectivity index (χ2v) is 3.84. The summed E-state index contributed by atoms with van der Waals surface area (Å²) in [4.78, 5) is 3.79. The van der Waals surface area contributed by atoms with E-state index in [1.54, 1.807) is 0 Å². The van der Waals surface area contributed by atoms with Crippen molar-refractivity contribution in [2.75, 3.05) is 0 Å². The van der Waals surface area contributed by atoms with E-state index in [1.807, 2.05) is 6.07 Å². The van der Waals surface area contributed by atoms with Gasteiger partial charge in [-0.05, 0) is 21.5 Å². The first-order valence-corrected chi connectivity index (χ1v) is 5.31. The number of nitrogens with zero attached hydrogens (tertiary/aromatic N) is 2. The lowest BCUT2D eigenvalue weighted by molar-refractivity contribution is 0.149. The van der Waals surface area contributed by atoms with Gasteiger partial charge in [0.2, 0.25) is 0 Å². The molecule has 6 heteroatoms. The molecule has 0 saturated carbocycles. The standard InChI is InChI=1S/C9H6BrClF2N2/c10-6-4-15-7(3-11)8(9(12)13)5(6)1-2-14/h4,9H,1,3H2. The molecule has 1 rings (SSSR count). The molecule has 0 N–H and O–H groups in total. The second kappa shape index (κ2) is 5.38. The highest BCUT2D eigenvalue weighted by Crippen LogP contribution is 2.31. The number of alkyl halides is 3. The van der Waals surface area contributed by atoms with Crippen LogP contribution in [0.3, 0.4) is 0 Å². The molecule has 0 aliphatic carbocycles. The predicted octanol–water partition coefficient (Wildman–Crippen LogP) is 3.59. The van der Waals surface area contributed by atoms with Gasteiger partial charge in [0.25, 0.3) is 6.43 Å². The number of aromatic nitrogens is 1. The molecule has 0 aliphatic rings. The summed E-state index contributed by atoms with van der Waals surface area (Å²) in [5.74, 6) is -0.0919. The number of nitriles is 1. The first-order chi connectivity index (χ1) is 7.11. The van der Waals surface area contributed by atoms with E-state index in [0.717, 1.165) is 0 Å². The summed E-state index contributed by atoms with van der Waals surface area (Å²) in [5.41, 5.74) is 0.152. The quantitative estimate of drug-likeness (QED) is 0.799. The SMILES string of the molecule is N#CCc1c(Br)cnc(CCl)c1C(F)F. The van der Waals surface area contributed by atoms with Crippen molar-refractivity contribution < 1.29 is 8.78 Å². The number of hydrogen-bond donors (Lipinski definition) is 0. The van der Waals surface area contributed by atoms with Crippen LogP contribution in [0.15, 0.2) is 10.7 Å². The van der Waals surface area contributed by atoms with Crippen molar-refractivity contribution in [1.82, 2.24) is 4.98 Å². The zero-order chi connectivity index (χ0) is 11.4. The second-order valence-electron chi connectivity index (χ2n) is 2.71. The van der Waals surface area contributed by atoms with Gasteiger partial charge >= 0.3 is 0 Å². The molecule has 0 radical (unpaired) electrons. The van der Waals surface area contributed by atoms with Crippen LogP contribution in [0, 0.1) is 11.3 Å². The normalized spacial score (nSPS) is 10.4. The van der Waals surface area contributed by atoms with Gasteiger partial charge in [0.05, 0.1) is 24.1 Å². The molecular weight excluding hydrogens is 289 g/mol. The molecule has 0 bridgehead atoms. The van der Waals surface area contributed by atoms with E-state index in [-0.39, 0.29) is 29.1 Å². The van der Waals surface area contributed by atoms with Crippen LogP contribution in [0.25, 0.3) is 0 Å². The highest BCUT2D eigenvalue weighted by molar-refractivity contribution is 9.10. The topological polar surface area (TPSA) is 36.7 Å². The molecule has 0 atom stereocenters. The van der Waals surface area contributed by atoms with Gasteiger partial charge in [-0.3, -0.25) is 4.98 Å². The molecule has 1 heterocycles. The van der Waals surface area contributed by atoms with E-state index in [4.69, 9.17) is 16.9 Å². The van der Waals surface area contributed by atoms with Gasteiger partial charge in [-0.1, -0.05) is 0 Å². The summed E-state index contributed by atoms with van der Waals surface area (Å²) in [6.07, 6.45) is -1.38. The van der Waals surface area contributed by atoms with Crippen molar-refractivity contribution in [2.24, 2.45) is 0 Å². The predicted molar refractivity (Wildman–Crippen MR) is 55.8 cm³/mol. The fourth-order valence-corrected chi connectivity index (χ4v) is 1.88. The lowest BCUT2D eigenvalue weighted by atomic mass is 10.1. The largest absolute Gasteiger partial charge is 0.265 e. The third-order valence-corrected chi connectivity index (χ3v) is 2.80. The summed E-state index contributed by atoms with van der Waals surface area (Å²) in [5, 5.41) is 8.54. The maximum atomic E-state index is 12.7. The van der Waals surface area contributed by atoms with Crippen LogP contribution >= 0.6 is 27.5 Å². The van der Waals surface area contributed by atoms with E-state index < -0.39 is 6.43 Å². The van der Waals surface area contributed by atoms with Crippen LogP contribution in [0.4, 0.5) is 8.78 Å². The molecule has 0 saturated heterocycles. The van der Waals surface area contributed by atoms with Gasteiger partial charge in [0.1, 0.15) is 0 Å². The number of halogens is 4. The Hall–Kier alpha value is -0.730. The van der Waals surface area contributed by atoms with Crippen LogP contribution in [-0.2, 0) is 12.3 Å². The van der Waals surface area contributed by atoms with Gasteiger partial charge in [-0.25, -0.2) is 8.78 Å². The fraction of sp³-hybridized carbons (Fsp3) is 0.333. The fourth-order valence-electron chi connectivity index (χ4n) is 1.21. The van der Waals surface area contributed by atoms with E-state index in [9.17, 15) is 8.78 Å². The van der Waals surface area contributed by atoms with Crippen LogP contribution in [0.1, 0.15) is 23.2 Å². The Morgan fingerprint density at radius 3 is 2.73 bits per heavy atom. The molecule has 0 aliphatic heterocycles. The highest BCUT2D eigenvalue weighted by Gasteiger charge is 2.20. The van der Waals surface area contributed by atoms with Gasteiger partial charge < -0.3 is 0 Å². The summed E-state index contributed by atoms with van der Waals surface area (Å²) < 4.78 is 25.9. The minimum atomic E-state index is -2.67. The minimum Gasteiger partial charge on any atom is -0.258 e. The molecule has 0 spiro atoms. The average molecular weight is 296 g/mol. The first-order valence-electron chi connectivity index (χ1n) is 3.99. The third-order valence-electron chi connectivity index (χ3n) is 1.86. The monoisotopic (exact) mass is 294 g/mol. The van der Waals surface area contributed by atoms with Gasteiger partial charge in [-0.2, -0.15) is 5.26 Å². The van der Waals surface area contributed by atoms with E-state index >= 15 is 0 Å². The van der Waals surface area contributed by atoms with Crippen molar-refractivity contribution >= 4 is 27.5 Å². The summed E-state index contributed by atoms with van der Waals surface area (Å²) in [7, 11) is 0. The smallest absolute Gasteiger partial charge is 0.258 e. The first kappa shape index (κ1) is 12.3. The van der Waals surface area contributed by atoms with Crippen LogP contribution in [-0.4, -0.2) is 4.98 Å². The molecule has 0 fully saturated rings. The highest BCUT2D eigenvalue weighted by atomic mass is 79.9. The third kappa shape index (κ3) is 2.64. The summed E-state index contributed by atoms with van der Waals surface area (Å²) >= 11 is 8.60. The average Bonchev–Trinajstić information content (AvgIpc) is 2.20. The van der Waals surface area contributed by atoms with Crippen molar-refractivity contribution in [2.45, 2.75) is 18.7 Å². The summed E-state index contributed by atoms with van der Waals surface area (Å²) in [6, 6.07) is 1.84. The summed E-state index contributed by atoms with van der Waals surface area (Å²) in [6.45, 7) is 0. The van der Waals surface area contributed by atoms with E-state index in [2.05, 4.69) is 20.9 Å². The van der Waals surface area contributed by atoms with Crippen molar-refractivity contribution in [3.05, 3.63) is 27.5 Å². The Kier molecular flexibility index (Phi) is 4.43. The molecule has 1 aromatic heterocycles. The van der Waals surface area contributed by atoms with Crippen LogP contribution in [0.2, 0.25) is 0 Å². The number of pyridine rings is 1. The molecular formula is C9H6BrClF2N2. The lowest BCUT2D eigenvalue weighted by Gasteiger charge is -2.11. The van der Waals surface area contributed by atoms with Crippen molar-refractivity contribution in [3.63, 3.8) is 0 Å². The Morgan fingerprint density at radius 1 is 1.60 bits per heavy atom. The van der Waals surface area contributed by atoms with Crippen LogP contribution in [0.5, 0.6) is 0 Å². The maximum absolute atomic E-state index is 12.7. The minimum absolute atomic E-state index is 0.0906. The molecule has 80 valence electrons. The van der Waals surface area contributed by atoms with Crippen molar-refractivity contribution in [1.29, 1.82) is 5.26 Å². The van der Waals surface area contributed by atoms with Gasteiger partial charge in [-0.15, -0.1) is 11.6 Å². The maximum Gasteiger partial charge on any atom is 0.265 e. The Balaban J connectivity index is 3.38. The van der Waals surface area contributed by atoms with E-state index in [1.165, 1.54) is 6.20 Å². The molecule has 1 aromatic rings. The molecule has 0 aromatic carbocycles. The molecule has 0 unspecified atom stereocenters. The Labute approximate surface area is 99.0 Å². The zero-order valence-electron chi connectivity index (χ0n) is 7.48. The van der Waals surface area contributed by atoms with Crippen LogP contribution < -0.4 is 0 Å². The molecule has 0 amide bonds. The Morgan fingerprint density at radius 2 is 2.27 bits per heavy atom. The van der Waals surface area contributed by atoms with Gasteiger partial charge in [0, 0.05) is 16.2 Å². The van der Waals surface area contributed by atoms with E-state index in [0.29, 0.717) is 4.47 Å². The van der Waals surface area contributed by atoms with Gasteiger partial charge in [0.15, 0.2) is 0 Å². The van der Waals surface area contributed by atoms with Crippen molar-refractivity contribution in [3.8, 4) is 6.07 Å². The number of hydrogen-bond acceptors (Lipinski definition) is 2. The lowest BCUT2D eigenvalue weighted by Crippen LogP contribution is -2.03.